The minimum absolute atomic E-state index is 0.0443. The van der Waals surface area contributed by atoms with Crippen LogP contribution in [0, 0.1) is 0 Å². The quantitative estimate of drug-likeness (QED) is 0.0306. The van der Waals surface area contributed by atoms with Crippen molar-refractivity contribution < 1.29 is 47.5 Å². The molecule has 0 aliphatic rings. The van der Waals surface area contributed by atoms with Crippen LogP contribution in [0.1, 0.15) is 110 Å². The normalized spacial score (nSPS) is 15.1. The summed E-state index contributed by atoms with van der Waals surface area (Å²) in [6.45, 7) is 2.27. The van der Waals surface area contributed by atoms with Gasteiger partial charge in [0.25, 0.3) is 0 Å². The number of phosphoric acid groups is 1. The fourth-order valence-corrected chi connectivity index (χ4v) is 5.50. The Kier molecular flexibility index (Phi) is 40.3. The Bertz CT molecular complexity index is 1660. The second-order valence-corrected chi connectivity index (χ2v) is 15.3. The first kappa shape index (κ1) is 58.1. The molecule has 11 nitrogen and oxygen atoms in total. The van der Waals surface area contributed by atoms with E-state index in [2.05, 4.69) is 115 Å². The van der Waals surface area contributed by atoms with E-state index in [0.717, 1.165) is 64.2 Å². The third-order valence-corrected chi connectivity index (χ3v) is 9.09. The molecule has 0 aliphatic heterocycles. The summed E-state index contributed by atoms with van der Waals surface area (Å²) in [4.78, 5) is 45.9. The molecule has 0 spiro atoms. The molecular formula is C51H74NO10P. The van der Waals surface area contributed by atoms with E-state index in [1.165, 1.54) is 6.42 Å². The van der Waals surface area contributed by atoms with Crippen LogP contribution in [0.2, 0.25) is 0 Å². The lowest BCUT2D eigenvalue weighted by Crippen LogP contribution is -2.34. The molecule has 0 saturated carbocycles. The highest BCUT2D eigenvalue weighted by atomic mass is 31.2. The lowest BCUT2D eigenvalue weighted by Gasteiger charge is -2.20. The molecule has 0 aromatic carbocycles. The largest absolute Gasteiger partial charge is 0.480 e. The topological polar surface area (TPSA) is 172 Å². The predicted molar refractivity (Wildman–Crippen MR) is 258 cm³/mol. The summed E-state index contributed by atoms with van der Waals surface area (Å²) in [6.07, 6.45) is 63.7. The first-order chi connectivity index (χ1) is 30.6. The summed E-state index contributed by atoms with van der Waals surface area (Å²) >= 11 is 0. The molecule has 0 amide bonds. The lowest BCUT2D eigenvalue weighted by atomic mass is 10.2. The molecule has 0 fully saturated rings. The molecule has 0 saturated heterocycles. The van der Waals surface area contributed by atoms with Gasteiger partial charge in [0.2, 0.25) is 0 Å². The Morgan fingerprint density at radius 3 is 1.21 bits per heavy atom. The number of carboxylic acids is 1. The van der Waals surface area contributed by atoms with Crippen LogP contribution in [0.3, 0.4) is 0 Å². The third-order valence-electron chi connectivity index (χ3n) is 8.14. The molecule has 0 radical (unpaired) electrons. The molecule has 4 N–H and O–H groups in total. The van der Waals surface area contributed by atoms with Crippen LogP contribution >= 0.6 is 7.82 Å². The molecule has 0 heterocycles. The van der Waals surface area contributed by atoms with Crippen LogP contribution in [0.25, 0.3) is 0 Å². The summed E-state index contributed by atoms with van der Waals surface area (Å²) in [5.74, 6) is -2.73. The molecule has 0 aromatic heterocycles. The average Bonchev–Trinajstić information content (AvgIpc) is 3.26. The van der Waals surface area contributed by atoms with Crippen molar-refractivity contribution >= 4 is 25.7 Å². The predicted octanol–water partition coefficient (Wildman–Crippen LogP) is 12.1. The minimum atomic E-state index is -4.78. The van der Waals surface area contributed by atoms with Crippen LogP contribution in [-0.2, 0) is 37.5 Å². The van der Waals surface area contributed by atoms with E-state index in [1.807, 2.05) is 43.4 Å². The highest BCUT2D eigenvalue weighted by Gasteiger charge is 2.28. The standard InChI is InChI=1S/C51H74NO10P/c1-3-5-7-9-11-13-15-17-19-21-23-25-26-28-30-32-34-36-38-40-42-49(53)59-44-47(45-60-63(57,58)61-46-48(52)51(55)56)62-50(54)43-41-39-37-35-33-31-29-27-24-22-20-18-16-14-12-10-8-6-4-2/h3,5,8-11,14-17,20-23,26-29,32-35,38-41,47-48H,4,6-7,12-13,18-19,24-25,30-31,36-37,42-46,52H2,1-2H3,(H,55,56)(H,57,58)/t47-,48+/m1/s1. The van der Waals surface area contributed by atoms with Gasteiger partial charge in [-0.3, -0.25) is 23.4 Å². The average molecular weight is 892 g/mol. The van der Waals surface area contributed by atoms with Gasteiger partial charge in [0.05, 0.1) is 26.1 Å². The summed E-state index contributed by atoms with van der Waals surface area (Å²) in [7, 11) is -4.78. The van der Waals surface area contributed by atoms with Crippen LogP contribution in [0.5, 0.6) is 0 Å². The van der Waals surface area contributed by atoms with Crippen LogP contribution in [0.4, 0.5) is 0 Å². The number of nitrogens with two attached hydrogens (primary N) is 1. The maximum Gasteiger partial charge on any atom is 0.472 e. The zero-order valence-corrected chi connectivity index (χ0v) is 38.5. The van der Waals surface area contributed by atoms with Crippen LogP contribution in [0.15, 0.2) is 158 Å². The van der Waals surface area contributed by atoms with Crippen molar-refractivity contribution in [2.45, 2.75) is 122 Å². The fraction of sp³-hybridized carbons (Fsp3) is 0.431. The van der Waals surface area contributed by atoms with Gasteiger partial charge in [-0.15, -0.1) is 0 Å². The van der Waals surface area contributed by atoms with Gasteiger partial charge >= 0.3 is 25.7 Å². The van der Waals surface area contributed by atoms with Gasteiger partial charge in [-0.25, -0.2) is 4.57 Å². The molecule has 348 valence electrons. The van der Waals surface area contributed by atoms with Gasteiger partial charge in [-0.2, -0.15) is 0 Å². The maximum atomic E-state index is 12.6. The molecule has 0 bridgehead atoms. The molecule has 0 aliphatic carbocycles. The van der Waals surface area contributed by atoms with E-state index in [-0.39, 0.29) is 12.8 Å². The number of unbranched alkanes of at least 4 members (excludes halogenated alkanes) is 1. The minimum Gasteiger partial charge on any atom is -0.480 e. The van der Waals surface area contributed by atoms with Gasteiger partial charge < -0.3 is 25.2 Å². The van der Waals surface area contributed by atoms with Crippen molar-refractivity contribution in [1.82, 2.24) is 0 Å². The Morgan fingerprint density at radius 1 is 0.508 bits per heavy atom. The fourth-order valence-electron chi connectivity index (χ4n) is 4.72. The molecule has 1 unspecified atom stereocenters. The Balaban J connectivity index is 4.68. The van der Waals surface area contributed by atoms with Gasteiger partial charge in [-0.1, -0.05) is 171 Å². The second-order valence-electron chi connectivity index (χ2n) is 13.8. The smallest absolute Gasteiger partial charge is 0.472 e. The summed E-state index contributed by atoms with van der Waals surface area (Å²) in [5.41, 5.74) is 5.32. The number of phosphoric ester groups is 1. The third kappa shape index (κ3) is 43.5. The van der Waals surface area contributed by atoms with Gasteiger partial charge in [-0.05, 0) is 84.0 Å². The first-order valence-electron chi connectivity index (χ1n) is 22.0. The Labute approximate surface area is 377 Å². The highest BCUT2D eigenvalue weighted by molar-refractivity contribution is 7.47. The molecule has 3 atom stereocenters. The maximum absolute atomic E-state index is 12.6. The van der Waals surface area contributed by atoms with Crippen molar-refractivity contribution in [2.24, 2.45) is 5.73 Å². The number of carboxylic acid groups (broad SMARTS) is 1. The molecule has 63 heavy (non-hydrogen) atoms. The first-order valence-corrected chi connectivity index (χ1v) is 23.5. The van der Waals surface area contributed by atoms with E-state index >= 15 is 0 Å². The zero-order valence-electron chi connectivity index (χ0n) is 37.6. The summed E-state index contributed by atoms with van der Waals surface area (Å²) < 4.78 is 32.4. The van der Waals surface area contributed by atoms with E-state index < -0.39 is 57.7 Å². The van der Waals surface area contributed by atoms with Crippen molar-refractivity contribution in [3.63, 3.8) is 0 Å². The number of aliphatic carboxylic acids is 1. The highest BCUT2D eigenvalue weighted by Crippen LogP contribution is 2.43. The SMILES string of the molecule is CC=CCC=CCC=CCC=CCC=CCC=CCC=CCC(=O)OC[C@H](COP(=O)(O)OC[C@H](N)C(=O)O)OC(=O)CC=CCC=CCC=CCC=CCC=CCC=CCCC. The monoisotopic (exact) mass is 892 g/mol. The number of hydrogen-bond donors (Lipinski definition) is 3. The van der Waals surface area contributed by atoms with E-state index in [4.69, 9.17) is 24.8 Å². The second kappa shape index (κ2) is 43.7. The molecular weight excluding hydrogens is 818 g/mol. The van der Waals surface area contributed by atoms with Gasteiger partial charge in [0.15, 0.2) is 6.10 Å². The number of carbonyl (C=O) groups excluding carboxylic acids is 2. The van der Waals surface area contributed by atoms with Crippen molar-refractivity contribution in [3.05, 3.63) is 158 Å². The van der Waals surface area contributed by atoms with E-state index in [1.54, 1.807) is 18.2 Å². The van der Waals surface area contributed by atoms with Crippen LogP contribution < -0.4 is 5.73 Å². The number of esters is 2. The van der Waals surface area contributed by atoms with Crippen molar-refractivity contribution in [3.8, 4) is 0 Å². The lowest BCUT2D eigenvalue weighted by molar-refractivity contribution is -0.160. The number of carbonyl (C=O) groups is 3. The van der Waals surface area contributed by atoms with Crippen LogP contribution in [-0.4, -0.2) is 59.9 Å². The van der Waals surface area contributed by atoms with Gasteiger partial charge in [0.1, 0.15) is 12.6 Å². The van der Waals surface area contributed by atoms with Crippen molar-refractivity contribution in [1.29, 1.82) is 0 Å². The van der Waals surface area contributed by atoms with Gasteiger partial charge in [0, 0.05) is 0 Å². The molecule has 0 aromatic rings. The van der Waals surface area contributed by atoms with E-state index in [9.17, 15) is 23.8 Å². The summed E-state index contributed by atoms with van der Waals surface area (Å²) in [6, 6.07) is -1.56. The zero-order chi connectivity index (χ0) is 46.3. The Hall–Kier alpha value is -4.90. The number of ether oxygens (including phenoxy) is 2. The van der Waals surface area contributed by atoms with Crippen molar-refractivity contribution in [2.75, 3.05) is 19.8 Å². The number of allylic oxidation sites excluding steroid dienone is 24. The van der Waals surface area contributed by atoms with E-state index in [0.29, 0.717) is 12.8 Å². The summed E-state index contributed by atoms with van der Waals surface area (Å²) in [5, 5.41) is 8.89. The molecule has 12 heteroatoms. The number of hydrogen-bond acceptors (Lipinski definition) is 9. The Morgan fingerprint density at radius 2 is 0.841 bits per heavy atom. The molecule has 0 rings (SSSR count). The number of rotatable bonds is 38.